The standard InChI is InChI=1S/C45H56N10O6S/c1-29(56)3-8-39(42(46)57)55-43(58)34-6-4-32(23-35(34)44(55)59)53-15-11-31(12-16-53)27-52-19-21-62(60,22-20-52)49-26-30-9-17-54(18-10-30)40-25-38(47-28-48-40)41-36-24-33(61-45(2)13-14-45)5-7-37(36)50-51-41/h4-7,23-25,28,30-31,39H,3,8-22,26-27H2,1-2H3,(H2,46,57)(H,50,51). The van der Waals surface area contributed by atoms with E-state index in [1.807, 2.05) is 30.3 Å². The number of nitrogens with two attached hydrogens (primary N) is 1. The number of carbonyl (C=O) groups excluding carboxylic acids is 4. The van der Waals surface area contributed by atoms with Gasteiger partial charge in [-0.3, -0.25) is 24.4 Å². The third-order valence-electron chi connectivity index (χ3n) is 13.5. The number of primary amides is 1. The molecule has 3 amide bonds. The maximum Gasteiger partial charge on any atom is 0.262 e. The third-order valence-corrected chi connectivity index (χ3v) is 15.8. The van der Waals surface area contributed by atoms with E-state index >= 15 is 0 Å². The van der Waals surface area contributed by atoms with E-state index in [1.165, 1.54) is 6.92 Å². The van der Waals surface area contributed by atoms with Crippen LogP contribution in [0.15, 0.2) is 53.2 Å². The zero-order valence-electron chi connectivity index (χ0n) is 35.6. The van der Waals surface area contributed by atoms with E-state index in [0.29, 0.717) is 29.9 Å². The first-order valence-electron chi connectivity index (χ1n) is 22.0. The average Bonchev–Trinajstić information content (AvgIpc) is 3.76. The number of piperidine rings is 2. The Morgan fingerprint density at radius 1 is 0.919 bits per heavy atom. The molecule has 0 spiro atoms. The Kier molecular flexibility index (Phi) is 11.5. The Labute approximate surface area is 362 Å². The van der Waals surface area contributed by atoms with Crippen molar-refractivity contribution in [3.8, 4) is 17.1 Å². The number of hydrogen-bond donors (Lipinski definition) is 2. The number of Topliss-reactive ketones (excluding diaryl/α,β-unsaturated/α-hetero) is 1. The quantitative estimate of drug-likeness (QED) is 0.166. The molecule has 4 fully saturated rings. The monoisotopic (exact) mass is 864 g/mol. The summed E-state index contributed by atoms with van der Waals surface area (Å²) in [5, 5.41) is 8.71. The number of aromatic amines is 1. The van der Waals surface area contributed by atoms with Gasteiger partial charge >= 0.3 is 0 Å². The molecule has 1 unspecified atom stereocenters. The number of rotatable bonds is 14. The maximum atomic E-state index is 13.9. The van der Waals surface area contributed by atoms with Crippen molar-refractivity contribution in [2.45, 2.75) is 76.9 Å². The van der Waals surface area contributed by atoms with Crippen LogP contribution in [0.1, 0.15) is 85.9 Å². The highest BCUT2D eigenvalue weighted by atomic mass is 32.2. The Balaban J connectivity index is 0.726. The van der Waals surface area contributed by atoms with Crippen molar-refractivity contribution in [1.82, 2.24) is 30.0 Å². The van der Waals surface area contributed by atoms with Crippen LogP contribution in [0.4, 0.5) is 11.5 Å². The topological polar surface area (TPSA) is 200 Å². The number of aromatic nitrogens is 4. The van der Waals surface area contributed by atoms with Gasteiger partial charge in [0.25, 0.3) is 11.8 Å². The molecule has 4 aromatic rings. The van der Waals surface area contributed by atoms with E-state index < -0.39 is 33.5 Å². The van der Waals surface area contributed by atoms with E-state index in [1.54, 1.807) is 18.5 Å². The number of carbonyl (C=O) groups is 4. The number of H-pyrrole nitrogens is 1. The van der Waals surface area contributed by atoms with Gasteiger partial charge < -0.3 is 30.0 Å². The van der Waals surface area contributed by atoms with Crippen molar-refractivity contribution >= 4 is 55.6 Å². The predicted octanol–water partition coefficient (Wildman–Crippen LogP) is 4.69. The molecular formula is C45H56N10O6S. The van der Waals surface area contributed by atoms with Crippen LogP contribution in [0, 0.1) is 11.8 Å². The van der Waals surface area contributed by atoms with E-state index in [9.17, 15) is 23.4 Å². The third kappa shape index (κ3) is 8.91. The van der Waals surface area contributed by atoms with Crippen molar-refractivity contribution < 1.29 is 28.1 Å². The number of fused-ring (bicyclic) bond motifs is 2. The maximum absolute atomic E-state index is 13.9. The molecule has 3 N–H and O–H groups in total. The fourth-order valence-electron chi connectivity index (χ4n) is 9.32. The molecule has 9 rings (SSSR count). The number of hydrogen-bond acceptors (Lipinski definition) is 13. The van der Waals surface area contributed by atoms with Gasteiger partial charge in [0, 0.05) is 90.6 Å². The van der Waals surface area contributed by atoms with Gasteiger partial charge in [-0.05, 0) is 107 Å². The number of ether oxygens (including phenoxy) is 1. The Bertz CT molecular complexity index is 2500. The molecule has 6 heterocycles. The van der Waals surface area contributed by atoms with Crippen LogP contribution in [0.5, 0.6) is 5.75 Å². The number of amides is 3. The number of anilines is 2. The van der Waals surface area contributed by atoms with Crippen molar-refractivity contribution in [3.63, 3.8) is 0 Å². The molecule has 1 saturated carbocycles. The van der Waals surface area contributed by atoms with E-state index in [-0.39, 0.29) is 35.4 Å². The number of nitrogens with zero attached hydrogens (tertiary/aromatic N) is 8. The molecular weight excluding hydrogens is 809 g/mol. The van der Waals surface area contributed by atoms with Crippen molar-refractivity contribution in [1.29, 1.82) is 0 Å². The van der Waals surface area contributed by atoms with Gasteiger partial charge in [0.2, 0.25) is 5.91 Å². The molecule has 5 aliphatic rings. The summed E-state index contributed by atoms with van der Waals surface area (Å²) in [5.41, 5.74) is 9.36. The minimum Gasteiger partial charge on any atom is -0.488 e. The first-order valence-corrected chi connectivity index (χ1v) is 23.9. The number of imide groups is 1. The van der Waals surface area contributed by atoms with Gasteiger partial charge in [0.15, 0.2) is 0 Å². The fraction of sp³-hybridized carbons (Fsp3) is 0.533. The van der Waals surface area contributed by atoms with Crippen molar-refractivity contribution in [2.24, 2.45) is 21.9 Å². The average molecular weight is 865 g/mol. The van der Waals surface area contributed by atoms with E-state index in [4.69, 9.17) is 14.8 Å². The number of benzene rings is 2. The van der Waals surface area contributed by atoms with Crippen LogP contribution in [-0.4, -0.2) is 133 Å². The van der Waals surface area contributed by atoms with Crippen LogP contribution in [0.3, 0.4) is 0 Å². The first-order chi connectivity index (χ1) is 29.8. The summed E-state index contributed by atoms with van der Waals surface area (Å²) in [6, 6.07) is 12.1. The lowest BCUT2D eigenvalue weighted by atomic mass is 9.95. The lowest BCUT2D eigenvalue weighted by molar-refractivity contribution is -0.122. The molecule has 0 bridgehead atoms. The summed E-state index contributed by atoms with van der Waals surface area (Å²) in [4.78, 5) is 67.4. The van der Waals surface area contributed by atoms with Crippen LogP contribution in [-0.2, 0) is 19.3 Å². The second-order valence-electron chi connectivity index (χ2n) is 18.1. The summed E-state index contributed by atoms with van der Waals surface area (Å²) in [5.74, 6) is 1.77. The van der Waals surface area contributed by atoms with E-state index in [0.717, 1.165) is 129 Å². The molecule has 1 atom stereocenters. The molecule has 62 heavy (non-hydrogen) atoms. The highest BCUT2D eigenvalue weighted by molar-refractivity contribution is 7.93. The van der Waals surface area contributed by atoms with Crippen LogP contribution < -0.4 is 20.3 Å². The molecule has 0 radical (unpaired) electrons. The molecule has 2 aromatic heterocycles. The largest absolute Gasteiger partial charge is 0.488 e. The second kappa shape index (κ2) is 17.0. The molecule has 1 aliphatic carbocycles. The molecule has 16 nitrogen and oxygen atoms in total. The van der Waals surface area contributed by atoms with Gasteiger partial charge in [0.05, 0.1) is 28.9 Å². The second-order valence-corrected chi connectivity index (χ2v) is 20.7. The lowest BCUT2D eigenvalue weighted by Gasteiger charge is -2.37. The summed E-state index contributed by atoms with van der Waals surface area (Å²) < 4.78 is 25.0. The summed E-state index contributed by atoms with van der Waals surface area (Å²) in [6.45, 7) is 10.0. The van der Waals surface area contributed by atoms with Crippen LogP contribution >= 0.6 is 0 Å². The highest BCUT2D eigenvalue weighted by Gasteiger charge is 2.43. The van der Waals surface area contributed by atoms with E-state index in [2.05, 4.69) is 41.8 Å². The molecule has 3 saturated heterocycles. The minimum atomic E-state index is -2.24. The number of ketones is 1. The lowest BCUT2D eigenvalue weighted by Crippen LogP contribution is -2.48. The fourth-order valence-corrected chi connectivity index (χ4v) is 11.4. The highest BCUT2D eigenvalue weighted by Crippen LogP contribution is 2.41. The number of nitrogens with one attached hydrogen (secondary N) is 1. The van der Waals surface area contributed by atoms with Gasteiger partial charge in [-0.2, -0.15) is 5.10 Å². The van der Waals surface area contributed by atoms with Gasteiger partial charge in [-0.1, -0.05) is 0 Å². The Morgan fingerprint density at radius 3 is 2.34 bits per heavy atom. The van der Waals surface area contributed by atoms with Crippen molar-refractivity contribution in [3.05, 3.63) is 59.9 Å². The molecule has 328 valence electrons. The van der Waals surface area contributed by atoms with Gasteiger partial charge in [-0.15, -0.1) is 0 Å². The molecule has 4 aliphatic heterocycles. The summed E-state index contributed by atoms with van der Waals surface area (Å²) in [7, 11) is -2.24. The zero-order valence-corrected chi connectivity index (χ0v) is 36.4. The van der Waals surface area contributed by atoms with Gasteiger partial charge in [0.1, 0.15) is 41.0 Å². The predicted molar refractivity (Wildman–Crippen MR) is 237 cm³/mol. The normalized spacial score (nSPS) is 21.0. The summed E-state index contributed by atoms with van der Waals surface area (Å²) >= 11 is 0. The Morgan fingerprint density at radius 2 is 1.63 bits per heavy atom. The minimum absolute atomic E-state index is 0.0111. The van der Waals surface area contributed by atoms with Crippen molar-refractivity contribution in [2.75, 3.05) is 73.7 Å². The van der Waals surface area contributed by atoms with Gasteiger partial charge in [-0.25, -0.2) is 18.5 Å². The Hall–Kier alpha value is -5.42. The smallest absolute Gasteiger partial charge is 0.262 e. The SMILES string of the molecule is CC(=O)CCC(C(N)=O)N1C(=O)c2ccc(N3CCC(CN4CCS(=O)(=NCC5CCN(c6cc(-c7n[nH]c8ccc(OC9(C)CC9)cc78)ncn6)CC5)CC4)CC3)cc2C1=O. The molecule has 17 heteroatoms. The summed E-state index contributed by atoms with van der Waals surface area (Å²) in [6.07, 6.45) is 7.69. The van der Waals surface area contributed by atoms with Crippen LogP contribution in [0.2, 0.25) is 0 Å². The van der Waals surface area contributed by atoms with Crippen LogP contribution in [0.25, 0.3) is 22.3 Å². The first kappa shape index (κ1) is 41.9. The zero-order chi connectivity index (χ0) is 43.2. The molecule has 2 aromatic carbocycles.